The lowest BCUT2D eigenvalue weighted by atomic mass is 10.1. The van der Waals surface area contributed by atoms with Crippen molar-refractivity contribution in [3.63, 3.8) is 0 Å². The molecule has 18 heteroatoms. The lowest BCUT2D eigenvalue weighted by Crippen LogP contribution is -2.55. The van der Waals surface area contributed by atoms with Crippen molar-refractivity contribution < 1.29 is 78.9 Å². The zero-order chi connectivity index (χ0) is 34.7. The Morgan fingerprint density at radius 3 is 2.04 bits per heavy atom. The summed E-state index contributed by atoms with van der Waals surface area (Å²) in [5, 5.41) is 80.4. The van der Waals surface area contributed by atoms with Crippen molar-refractivity contribution in [1.82, 2.24) is 4.90 Å². The standard InChI is InChI=1S/C29H32N2O16/c1-10-6-13-23(44-27-21(37)17(33)19(35)25(40)46-27)31(28(41)47-29(2,3)4)12-8-15(14(42-5)7-11(12)22(38)30(13)9-10)43-26-20(36)16(32)18(34)24(39)45-26/h7-8,13,23,26-27,32-37,39-40H,1,6,9H2,2-5H3/t13-,23-,26?,27?/m0/s1. The zero-order valence-electron chi connectivity index (χ0n) is 25.3. The second-order valence-corrected chi connectivity index (χ2v) is 11.6. The average Bonchev–Trinajstić information content (AvgIpc) is 3.36. The Balaban J connectivity index is 1.69. The summed E-state index contributed by atoms with van der Waals surface area (Å²) in [6, 6.07) is 1.25. The number of fused-ring (bicyclic) bond motifs is 2. The topological polar surface area (TPSA) is 258 Å². The highest BCUT2D eigenvalue weighted by atomic mass is 16.7. The van der Waals surface area contributed by atoms with E-state index in [0.29, 0.717) is 5.57 Å². The summed E-state index contributed by atoms with van der Waals surface area (Å²) in [4.78, 5) is 30.3. The molecular weight excluding hydrogens is 632 g/mol. The minimum absolute atomic E-state index is 0.000968. The molecule has 18 nitrogen and oxygen atoms in total. The molecule has 4 atom stereocenters. The van der Waals surface area contributed by atoms with Crippen LogP contribution in [-0.2, 0) is 18.9 Å². The van der Waals surface area contributed by atoms with Crippen LogP contribution in [0.1, 0.15) is 37.6 Å². The molecule has 0 saturated carbocycles. The Kier molecular flexibility index (Phi) is 8.01. The fraction of sp³-hybridized carbons (Fsp3) is 0.379. The summed E-state index contributed by atoms with van der Waals surface area (Å²) in [6.45, 7) is 8.65. The number of hydrogen-bond donors (Lipinski definition) is 8. The number of aliphatic hydroxyl groups is 8. The first kappa shape index (κ1) is 32.6. The zero-order valence-corrected chi connectivity index (χ0v) is 25.3. The van der Waals surface area contributed by atoms with Gasteiger partial charge in [-0.3, -0.25) is 4.79 Å². The van der Waals surface area contributed by atoms with Crippen LogP contribution in [-0.4, -0.2) is 102 Å². The first-order valence-corrected chi connectivity index (χ1v) is 13.8. The van der Waals surface area contributed by atoms with E-state index in [4.69, 9.17) is 28.4 Å². The van der Waals surface area contributed by atoms with Gasteiger partial charge in [0.2, 0.25) is 34.6 Å². The molecule has 0 aliphatic carbocycles. The van der Waals surface area contributed by atoms with E-state index >= 15 is 0 Å². The average molecular weight is 665 g/mol. The van der Waals surface area contributed by atoms with E-state index in [9.17, 15) is 50.4 Å². The number of anilines is 1. The van der Waals surface area contributed by atoms with E-state index in [1.807, 2.05) is 0 Å². The van der Waals surface area contributed by atoms with E-state index in [1.165, 1.54) is 18.1 Å². The van der Waals surface area contributed by atoms with Gasteiger partial charge in [0, 0.05) is 12.6 Å². The van der Waals surface area contributed by atoms with Crippen LogP contribution < -0.4 is 14.4 Å². The Morgan fingerprint density at radius 1 is 0.894 bits per heavy atom. The highest BCUT2D eigenvalue weighted by Crippen LogP contribution is 2.44. The third-order valence-electron chi connectivity index (χ3n) is 7.22. The van der Waals surface area contributed by atoms with Crippen molar-refractivity contribution in [1.29, 1.82) is 0 Å². The molecule has 4 heterocycles. The maximum Gasteiger partial charge on any atom is 0.417 e. The molecule has 2 amide bonds. The Morgan fingerprint density at radius 2 is 1.47 bits per heavy atom. The number of aliphatic hydroxyl groups excluding tert-OH is 8. The summed E-state index contributed by atoms with van der Waals surface area (Å²) >= 11 is 0. The van der Waals surface area contributed by atoms with Gasteiger partial charge in [0.1, 0.15) is 5.60 Å². The SMILES string of the molecule is C=C1C[C@H]2[C@H](OC3OC(O)=C(O)C(O)=C3O)N(C(=O)OC(C)(C)C)c3cc(OC4OC(O)=C(O)C(O)=C4O)c(OC)cc3C(=O)N2C1. The lowest BCUT2D eigenvalue weighted by Gasteiger charge is -2.38. The van der Waals surface area contributed by atoms with Crippen molar-refractivity contribution in [2.24, 2.45) is 0 Å². The maximum absolute atomic E-state index is 14.1. The number of benzene rings is 1. The van der Waals surface area contributed by atoms with Crippen LogP contribution in [0.25, 0.3) is 0 Å². The summed E-state index contributed by atoms with van der Waals surface area (Å²) < 4.78 is 32.7. The lowest BCUT2D eigenvalue weighted by molar-refractivity contribution is -0.181. The first-order valence-electron chi connectivity index (χ1n) is 13.8. The molecule has 1 fully saturated rings. The van der Waals surface area contributed by atoms with Gasteiger partial charge in [-0.2, -0.15) is 0 Å². The number of ether oxygens (including phenoxy) is 6. The van der Waals surface area contributed by atoms with E-state index < -0.39 is 88.9 Å². The molecule has 1 saturated heterocycles. The van der Waals surface area contributed by atoms with Crippen LogP contribution in [0, 0.1) is 0 Å². The predicted octanol–water partition coefficient (Wildman–Crippen LogP) is 3.88. The molecule has 2 unspecified atom stereocenters. The smallest absolute Gasteiger partial charge is 0.417 e. The quantitative estimate of drug-likeness (QED) is 0.208. The van der Waals surface area contributed by atoms with Crippen LogP contribution in [0.15, 0.2) is 70.7 Å². The largest absolute Gasteiger partial charge is 0.503 e. The van der Waals surface area contributed by atoms with Gasteiger partial charge in [-0.1, -0.05) is 12.2 Å². The molecule has 1 aromatic rings. The van der Waals surface area contributed by atoms with E-state index in [0.717, 1.165) is 11.0 Å². The highest BCUT2D eigenvalue weighted by molar-refractivity contribution is 6.06. The molecule has 0 bridgehead atoms. The number of carbonyl (C=O) groups is 2. The summed E-state index contributed by atoms with van der Waals surface area (Å²) in [5.74, 6) is -10.3. The number of rotatable bonds is 5. The molecule has 0 spiro atoms. The fourth-order valence-electron chi connectivity index (χ4n) is 5.11. The molecule has 4 aliphatic rings. The van der Waals surface area contributed by atoms with E-state index in [1.54, 1.807) is 20.8 Å². The first-order chi connectivity index (χ1) is 21.9. The Labute approximate surface area is 265 Å². The van der Waals surface area contributed by atoms with Crippen LogP contribution in [0.4, 0.5) is 10.5 Å². The molecule has 0 aromatic heterocycles. The molecular formula is C29H32N2O16. The van der Waals surface area contributed by atoms with Crippen LogP contribution in [0.5, 0.6) is 11.5 Å². The summed E-state index contributed by atoms with van der Waals surface area (Å²) in [6.07, 6.45) is -6.65. The van der Waals surface area contributed by atoms with Gasteiger partial charge in [0.05, 0.1) is 24.4 Å². The number of hydrogen-bond acceptors (Lipinski definition) is 16. The van der Waals surface area contributed by atoms with Crippen LogP contribution in [0.2, 0.25) is 0 Å². The van der Waals surface area contributed by atoms with Crippen molar-refractivity contribution in [3.8, 4) is 11.5 Å². The Bertz CT molecular complexity index is 1670. The molecule has 4 aliphatic heterocycles. The highest BCUT2D eigenvalue weighted by Gasteiger charge is 2.50. The fourth-order valence-corrected chi connectivity index (χ4v) is 5.11. The normalized spacial score (nSPS) is 24.9. The van der Waals surface area contributed by atoms with Crippen molar-refractivity contribution in [2.75, 3.05) is 18.6 Å². The van der Waals surface area contributed by atoms with Gasteiger partial charge in [-0.15, -0.1) is 0 Å². The third kappa shape index (κ3) is 5.73. The van der Waals surface area contributed by atoms with Crippen molar-refractivity contribution in [3.05, 3.63) is 76.3 Å². The Hall–Kier alpha value is -5.78. The number of amides is 2. The third-order valence-corrected chi connectivity index (χ3v) is 7.22. The van der Waals surface area contributed by atoms with Crippen LogP contribution >= 0.6 is 0 Å². The van der Waals surface area contributed by atoms with Crippen molar-refractivity contribution in [2.45, 2.75) is 57.6 Å². The van der Waals surface area contributed by atoms with Crippen LogP contribution in [0.3, 0.4) is 0 Å². The number of methoxy groups -OCH3 is 1. The van der Waals surface area contributed by atoms with Gasteiger partial charge in [-0.05, 0) is 33.3 Å². The summed E-state index contributed by atoms with van der Waals surface area (Å²) in [5.41, 5.74) is -0.974. The minimum Gasteiger partial charge on any atom is -0.503 e. The molecule has 8 N–H and O–H groups in total. The maximum atomic E-state index is 14.1. The van der Waals surface area contributed by atoms with E-state index in [2.05, 4.69) is 6.58 Å². The summed E-state index contributed by atoms with van der Waals surface area (Å²) in [7, 11) is 1.21. The van der Waals surface area contributed by atoms with Gasteiger partial charge in [0.15, 0.2) is 17.7 Å². The monoisotopic (exact) mass is 664 g/mol. The second-order valence-electron chi connectivity index (χ2n) is 11.6. The number of carbonyl (C=O) groups excluding carboxylic acids is 2. The van der Waals surface area contributed by atoms with Gasteiger partial charge in [-0.25, -0.2) is 9.69 Å². The second kappa shape index (κ2) is 11.5. The number of nitrogens with zero attached hydrogens (tertiary/aromatic N) is 2. The predicted molar refractivity (Wildman–Crippen MR) is 155 cm³/mol. The van der Waals surface area contributed by atoms with Gasteiger partial charge in [0.25, 0.3) is 12.2 Å². The molecule has 47 heavy (non-hydrogen) atoms. The molecule has 5 rings (SSSR count). The molecule has 0 radical (unpaired) electrons. The van der Waals surface area contributed by atoms with Gasteiger partial charge < -0.3 is 74.2 Å². The van der Waals surface area contributed by atoms with Crippen molar-refractivity contribution >= 4 is 17.7 Å². The molecule has 1 aromatic carbocycles. The van der Waals surface area contributed by atoms with Gasteiger partial charge >= 0.3 is 24.3 Å². The van der Waals surface area contributed by atoms with E-state index in [-0.39, 0.29) is 35.7 Å². The molecule has 254 valence electrons. The minimum atomic E-state index is -2.02.